The summed E-state index contributed by atoms with van der Waals surface area (Å²) in [5.41, 5.74) is 2.66. The molecule has 0 heterocycles. The van der Waals surface area contributed by atoms with Crippen LogP contribution in [0.2, 0.25) is 0 Å². The van der Waals surface area contributed by atoms with Gasteiger partial charge >= 0.3 is 0 Å². The molecule has 0 bridgehead atoms. The van der Waals surface area contributed by atoms with Gasteiger partial charge in [-0.3, -0.25) is 0 Å². The predicted octanol–water partition coefficient (Wildman–Crippen LogP) is 6.06. The van der Waals surface area contributed by atoms with Crippen LogP contribution in [-0.4, -0.2) is 5.33 Å². The van der Waals surface area contributed by atoms with Gasteiger partial charge in [0, 0.05) is 18.2 Å². The van der Waals surface area contributed by atoms with Crippen molar-refractivity contribution in [2.75, 3.05) is 5.33 Å². The minimum absolute atomic E-state index is 0.897. The summed E-state index contributed by atoms with van der Waals surface area (Å²) < 4.78 is 0. The molecule has 1 heteroatoms. The van der Waals surface area contributed by atoms with Gasteiger partial charge in [-0.1, -0.05) is 83.8 Å². The molecule has 0 radical (unpaired) electrons. The zero-order valence-electron chi connectivity index (χ0n) is 12.8. The van der Waals surface area contributed by atoms with Crippen LogP contribution in [0.15, 0.2) is 24.3 Å². The molecule has 0 unspecified atom stereocenters. The fraction of sp³-hybridized carbons (Fsp3) is 0.579. The van der Waals surface area contributed by atoms with Gasteiger partial charge in [-0.15, -0.1) is 5.92 Å². The molecule has 0 aliphatic heterocycles. The quantitative estimate of drug-likeness (QED) is 0.292. The van der Waals surface area contributed by atoms with E-state index in [4.69, 9.17) is 0 Å². The Balaban J connectivity index is 1.98. The third-order valence-electron chi connectivity index (χ3n) is 3.44. The third kappa shape index (κ3) is 9.21. The van der Waals surface area contributed by atoms with Crippen molar-refractivity contribution >= 4 is 15.9 Å². The van der Waals surface area contributed by atoms with Crippen molar-refractivity contribution in [1.29, 1.82) is 0 Å². The number of hydrogen-bond acceptors (Lipinski definition) is 0. The molecule has 0 aliphatic rings. The summed E-state index contributed by atoms with van der Waals surface area (Å²) in [6.07, 6.45) is 11.4. The molecule has 1 aromatic rings. The summed E-state index contributed by atoms with van der Waals surface area (Å²) in [7, 11) is 0. The van der Waals surface area contributed by atoms with Crippen molar-refractivity contribution in [2.45, 2.75) is 64.7 Å². The van der Waals surface area contributed by atoms with Crippen LogP contribution in [0.25, 0.3) is 0 Å². The first-order valence-corrected chi connectivity index (χ1v) is 9.02. The maximum absolute atomic E-state index is 3.47. The molecule has 0 nitrogen and oxygen atoms in total. The SMILES string of the molecule is Cc1cccc(CC#CCCCCCCCCCBr)c1. The molecular weight excluding hydrogens is 308 g/mol. The van der Waals surface area contributed by atoms with E-state index < -0.39 is 0 Å². The molecule has 0 aliphatic carbocycles. The summed E-state index contributed by atoms with van der Waals surface area (Å²) in [5.74, 6) is 6.60. The first kappa shape index (κ1) is 17.3. The van der Waals surface area contributed by atoms with E-state index in [0.29, 0.717) is 0 Å². The lowest BCUT2D eigenvalue weighted by molar-refractivity contribution is 0.596. The molecule has 1 aromatic carbocycles. The van der Waals surface area contributed by atoms with Crippen molar-refractivity contribution in [2.24, 2.45) is 0 Å². The molecular formula is C19H27Br. The maximum Gasteiger partial charge on any atom is 0.0340 e. The Morgan fingerprint density at radius 3 is 2.30 bits per heavy atom. The summed E-state index contributed by atoms with van der Waals surface area (Å²) in [5, 5.41) is 1.16. The highest BCUT2D eigenvalue weighted by atomic mass is 79.9. The number of aryl methyl sites for hydroxylation is 1. The zero-order chi connectivity index (χ0) is 14.5. The molecule has 0 saturated carbocycles. The van der Waals surface area contributed by atoms with Gasteiger partial charge in [0.1, 0.15) is 0 Å². The Kier molecular flexibility index (Phi) is 10.4. The number of benzene rings is 1. The highest BCUT2D eigenvalue weighted by Gasteiger charge is 1.91. The van der Waals surface area contributed by atoms with E-state index in [-0.39, 0.29) is 0 Å². The molecule has 0 spiro atoms. The van der Waals surface area contributed by atoms with Gasteiger partial charge in [0.15, 0.2) is 0 Å². The number of hydrogen-bond donors (Lipinski definition) is 0. The van der Waals surface area contributed by atoms with Crippen molar-refractivity contribution in [1.82, 2.24) is 0 Å². The molecule has 0 saturated heterocycles. The van der Waals surface area contributed by atoms with E-state index in [1.807, 2.05) is 0 Å². The van der Waals surface area contributed by atoms with Crippen molar-refractivity contribution in [3.05, 3.63) is 35.4 Å². The zero-order valence-corrected chi connectivity index (χ0v) is 14.3. The fourth-order valence-electron chi connectivity index (χ4n) is 2.27. The van der Waals surface area contributed by atoms with E-state index in [2.05, 4.69) is 59.0 Å². The van der Waals surface area contributed by atoms with Crippen molar-refractivity contribution < 1.29 is 0 Å². The second-order valence-corrected chi connectivity index (χ2v) is 6.23. The van der Waals surface area contributed by atoms with Crippen LogP contribution >= 0.6 is 15.9 Å². The Labute approximate surface area is 133 Å². The normalized spacial score (nSPS) is 10.1. The van der Waals surface area contributed by atoms with Crippen LogP contribution in [-0.2, 0) is 6.42 Å². The number of unbranched alkanes of at least 4 members (excludes halogenated alkanes) is 7. The topological polar surface area (TPSA) is 0 Å². The predicted molar refractivity (Wildman–Crippen MR) is 93.4 cm³/mol. The minimum atomic E-state index is 0.897. The van der Waals surface area contributed by atoms with Crippen molar-refractivity contribution in [3.8, 4) is 11.8 Å². The van der Waals surface area contributed by atoms with Gasteiger partial charge in [0.05, 0.1) is 0 Å². The van der Waals surface area contributed by atoms with Crippen LogP contribution in [0, 0.1) is 18.8 Å². The molecule has 1 rings (SSSR count). The largest absolute Gasteiger partial charge is 0.103 e. The first-order chi connectivity index (χ1) is 9.83. The summed E-state index contributed by atoms with van der Waals surface area (Å²) in [6.45, 7) is 2.13. The van der Waals surface area contributed by atoms with Crippen LogP contribution in [0.4, 0.5) is 0 Å². The monoisotopic (exact) mass is 334 g/mol. The average molecular weight is 335 g/mol. The van der Waals surface area contributed by atoms with Crippen LogP contribution in [0.3, 0.4) is 0 Å². The first-order valence-electron chi connectivity index (χ1n) is 7.90. The Morgan fingerprint density at radius 2 is 1.60 bits per heavy atom. The summed E-state index contributed by atoms with van der Waals surface area (Å²) >= 11 is 3.47. The molecule has 110 valence electrons. The minimum Gasteiger partial charge on any atom is -0.103 e. The van der Waals surface area contributed by atoms with Crippen LogP contribution < -0.4 is 0 Å². The summed E-state index contributed by atoms with van der Waals surface area (Å²) in [4.78, 5) is 0. The van der Waals surface area contributed by atoms with Gasteiger partial charge in [-0.05, 0) is 25.3 Å². The second kappa shape index (κ2) is 12.0. The fourth-order valence-corrected chi connectivity index (χ4v) is 2.66. The van der Waals surface area contributed by atoms with Crippen molar-refractivity contribution in [3.63, 3.8) is 0 Å². The lowest BCUT2D eigenvalue weighted by Gasteiger charge is -1.99. The lowest BCUT2D eigenvalue weighted by atomic mass is 10.1. The van der Waals surface area contributed by atoms with Gasteiger partial charge in [-0.2, -0.15) is 0 Å². The molecule has 0 aromatic heterocycles. The third-order valence-corrected chi connectivity index (χ3v) is 4.00. The van der Waals surface area contributed by atoms with Crippen LogP contribution in [0.1, 0.15) is 62.5 Å². The number of alkyl halides is 1. The smallest absolute Gasteiger partial charge is 0.0340 e. The second-order valence-electron chi connectivity index (χ2n) is 5.43. The molecule has 0 amide bonds. The molecule has 0 N–H and O–H groups in total. The number of halogens is 1. The number of rotatable bonds is 9. The highest BCUT2D eigenvalue weighted by molar-refractivity contribution is 9.09. The summed E-state index contributed by atoms with van der Waals surface area (Å²) in [6, 6.07) is 8.63. The van der Waals surface area contributed by atoms with Gasteiger partial charge < -0.3 is 0 Å². The van der Waals surface area contributed by atoms with E-state index in [1.54, 1.807) is 0 Å². The van der Waals surface area contributed by atoms with E-state index in [0.717, 1.165) is 18.2 Å². The Bertz CT molecular complexity index is 411. The Hall–Kier alpha value is -0.740. The van der Waals surface area contributed by atoms with Gasteiger partial charge in [0.25, 0.3) is 0 Å². The average Bonchev–Trinajstić information content (AvgIpc) is 2.45. The Morgan fingerprint density at radius 1 is 0.900 bits per heavy atom. The molecule has 20 heavy (non-hydrogen) atoms. The van der Waals surface area contributed by atoms with Gasteiger partial charge in [0.2, 0.25) is 0 Å². The molecule has 0 fully saturated rings. The van der Waals surface area contributed by atoms with E-state index in [9.17, 15) is 0 Å². The highest BCUT2D eigenvalue weighted by Crippen LogP contribution is 2.09. The van der Waals surface area contributed by atoms with E-state index >= 15 is 0 Å². The standard InChI is InChI=1S/C19H27Br/c1-18-13-12-15-19(17-18)14-10-8-6-4-2-3-5-7-9-11-16-20/h12-13,15,17H,2-7,9,11,14,16H2,1H3. The van der Waals surface area contributed by atoms with Crippen LogP contribution in [0.5, 0.6) is 0 Å². The van der Waals surface area contributed by atoms with Gasteiger partial charge in [-0.25, -0.2) is 0 Å². The maximum atomic E-state index is 3.47. The lowest BCUT2D eigenvalue weighted by Crippen LogP contribution is -1.83. The molecule has 0 atom stereocenters. The van der Waals surface area contributed by atoms with E-state index in [1.165, 1.54) is 56.1 Å².